The van der Waals surface area contributed by atoms with Crippen molar-refractivity contribution in [1.29, 1.82) is 0 Å². The van der Waals surface area contributed by atoms with Crippen molar-refractivity contribution in [2.75, 3.05) is 34.4 Å². The quantitative estimate of drug-likeness (QED) is 0.758. The first-order valence-corrected chi connectivity index (χ1v) is 11.0. The van der Waals surface area contributed by atoms with Gasteiger partial charge in [-0.3, -0.25) is 9.69 Å². The Bertz CT molecular complexity index is 806. The van der Waals surface area contributed by atoms with Gasteiger partial charge in [0.2, 0.25) is 5.91 Å². The molecule has 3 heterocycles. The molecule has 4 aliphatic rings. The first-order valence-electron chi connectivity index (χ1n) is 11.0. The molecule has 3 aliphatic heterocycles. The maximum Gasteiger partial charge on any atom is 0.243 e. The van der Waals surface area contributed by atoms with E-state index >= 15 is 0 Å². The molecule has 1 amide bonds. The van der Waals surface area contributed by atoms with E-state index in [2.05, 4.69) is 15.9 Å². The fourth-order valence-electron chi connectivity index (χ4n) is 6.66. The van der Waals surface area contributed by atoms with Gasteiger partial charge in [0.25, 0.3) is 0 Å². The van der Waals surface area contributed by atoms with Crippen molar-refractivity contribution in [3.8, 4) is 17.2 Å². The van der Waals surface area contributed by atoms with E-state index in [1.165, 1.54) is 25.7 Å². The fraction of sp³-hybridized carbons (Fsp3) is 0.696. The van der Waals surface area contributed by atoms with Crippen LogP contribution in [-0.4, -0.2) is 61.7 Å². The van der Waals surface area contributed by atoms with Gasteiger partial charge in [-0.25, -0.2) is 0 Å². The second-order valence-corrected chi connectivity index (χ2v) is 9.01. The van der Waals surface area contributed by atoms with Crippen molar-refractivity contribution in [1.82, 2.24) is 9.80 Å². The zero-order valence-corrected chi connectivity index (χ0v) is 17.8. The highest BCUT2D eigenvalue weighted by molar-refractivity contribution is 5.90. The van der Waals surface area contributed by atoms with Crippen molar-refractivity contribution in [3.05, 3.63) is 17.7 Å². The summed E-state index contributed by atoms with van der Waals surface area (Å²) in [5.41, 5.74) is 0.812. The summed E-state index contributed by atoms with van der Waals surface area (Å²) >= 11 is 0. The molecule has 1 aromatic carbocycles. The number of amides is 1. The van der Waals surface area contributed by atoms with E-state index in [9.17, 15) is 4.79 Å². The van der Waals surface area contributed by atoms with Crippen molar-refractivity contribution < 1.29 is 19.0 Å². The first-order chi connectivity index (χ1) is 14.1. The van der Waals surface area contributed by atoms with Gasteiger partial charge in [-0.15, -0.1) is 0 Å². The first kappa shape index (κ1) is 19.0. The third-order valence-corrected chi connectivity index (χ3v) is 7.94. The van der Waals surface area contributed by atoms with Gasteiger partial charge in [0.15, 0.2) is 11.5 Å². The Balaban J connectivity index is 1.51. The molecule has 6 heteroatoms. The molecular formula is C23H32N2O4. The van der Waals surface area contributed by atoms with Crippen LogP contribution in [0, 0.1) is 5.92 Å². The van der Waals surface area contributed by atoms with E-state index in [0.29, 0.717) is 29.4 Å². The molecule has 158 valence electrons. The molecule has 1 saturated carbocycles. The number of carbonyl (C=O) groups is 1. The maximum absolute atomic E-state index is 13.7. The molecule has 3 saturated heterocycles. The molecule has 5 rings (SSSR count). The van der Waals surface area contributed by atoms with Crippen molar-refractivity contribution in [2.24, 2.45) is 5.92 Å². The van der Waals surface area contributed by atoms with Crippen LogP contribution in [0.5, 0.6) is 17.2 Å². The lowest BCUT2D eigenvalue weighted by Gasteiger charge is -2.35. The van der Waals surface area contributed by atoms with E-state index in [-0.39, 0.29) is 11.6 Å². The van der Waals surface area contributed by atoms with Gasteiger partial charge in [0, 0.05) is 36.2 Å². The fourth-order valence-corrected chi connectivity index (χ4v) is 6.66. The SMILES string of the molecule is COc1cc(OC)c([C@@H]2C[C@H]3CN(C4CCCC4)C(=O)[C@]34CCCN24)cc1OC. The van der Waals surface area contributed by atoms with Crippen LogP contribution in [0.3, 0.4) is 0 Å². The zero-order chi connectivity index (χ0) is 20.2. The summed E-state index contributed by atoms with van der Waals surface area (Å²) < 4.78 is 16.8. The minimum atomic E-state index is -0.300. The molecule has 6 nitrogen and oxygen atoms in total. The van der Waals surface area contributed by atoms with Crippen LogP contribution >= 0.6 is 0 Å². The van der Waals surface area contributed by atoms with E-state index in [4.69, 9.17) is 14.2 Å². The molecule has 1 aliphatic carbocycles. The Morgan fingerprint density at radius 3 is 2.34 bits per heavy atom. The number of methoxy groups -OCH3 is 3. The number of hydrogen-bond acceptors (Lipinski definition) is 5. The Hall–Kier alpha value is -1.95. The summed E-state index contributed by atoms with van der Waals surface area (Å²) in [5, 5.41) is 0. The number of hydrogen-bond donors (Lipinski definition) is 0. The lowest BCUT2D eigenvalue weighted by atomic mass is 9.85. The van der Waals surface area contributed by atoms with E-state index < -0.39 is 0 Å². The number of rotatable bonds is 5. The topological polar surface area (TPSA) is 51.2 Å². The standard InChI is InChI=1S/C23H32N2O4/c1-27-19-13-21(29-3)20(28-2)12-17(19)18-11-15-14-24(16-7-4-5-8-16)22(26)23(15)9-6-10-25(18)23/h12-13,15-16,18H,4-11,14H2,1-3H3/t15-,18-,23-/m0/s1. The second-order valence-electron chi connectivity index (χ2n) is 9.01. The summed E-state index contributed by atoms with van der Waals surface area (Å²) in [6, 6.07) is 4.62. The van der Waals surface area contributed by atoms with E-state index in [1.807, 2.05) is 6.07 Å². The minimum Gasteiger partial charge on any atom is -0.496 e. The van der Waals surface area contributed by atoms with Crippen LogP contribution in [0.15, 0.2) is 12.1 Å². The predicted octanol–water partition coefficient (Wildman–Crippen LogP) is 3.39. The molecule has 0 radical (unpaired) electrons. The summed E-state index contributed by atoms with van der Waals surface area (Å²) in [5.74, 6) is 3.00. The molecule has 3 atom stereocenters. The molecule has 4 fully saturated rings. The summed E-state index contributed by atoms with van der Waals surface area (Å²) in [7, 11) is 5.01. The maximum atomic E-state index is 13.7. The predicted molar refractivity (Wildman–Crippen MR) is 110 cm³/mol. The number of likely N-dealkylation sites (tertiary alicyclic amines) is 1. The Kier molecular flexibility index (Phi) is 4.65. The van der Waals surface area contributed by atoms with Gasteiger partial charge in [0.1, 0.15) is 11.3 Å². The van der Waals surface area contributed by atoms with Crippen LogP contribution in [0.1, 0.15) is 56.6 Å². The Morgan fingerprint density at radius 1 is 0.966 bits per heavy atom. The molecule has 1 aromatic rings. The van der Waals surface area contributed by atoms with Crippen molar-refractivity contribution in [3.63, 3.8) is 0 Å². The van der Waals surface area contributed by atoms with Crippen molar-refractivity contribution in [2.45, 2.75) is 62.6 Å². The van der Waals surface area contributed by atoms with Gasteiger partial charge in [0.05, 0.1) is 21.3 Å². The molecule has 1 spiro atoms. The van der Waals surface area contributed by atoms with Crippen molar-refractivity contribution >= 4 is 5.91 Å². The monoisotopic (exact) mass is 400 g/mol. The lowest BCUT2D eigenvalue weighted by Crippen LogP contribution is -2.51. The van der Waals surface area contributed by atoms with Gasteiger partial charge >= 0.3 is 0 Å². The Labute approximate surface area is 173 Å². The molecular weight excluding hydrogens is 368 g/mol. The number of benzene rings is 1. The van der Waals surface area contributed by atoms with Gasteiger partial charge in [-0.05, 0) is 44.7 Å². The highest BCUT2D eigenvalue weighted by Gasteiger charge is 2.66. The summed E-state index contributed by atoms with van der Waals surface area (Å²) in [6.45, 7) is 1.90. The van der Waals surface area contributed by atoms with E-state index in [0.717, 1.165) is 43.7 Å². The van der Waals surface area contributed by atoms with Gasteiger partial charge < -0.3 is 19.1 Å². The average Bonchev–Trinajstić information content (AvgIpc) is 3.50. The number of ether oxygens (including phenoxy) is 3. The second kappa shape index (κ2) is 7.08. The van der Waals surface area contributed by atoms with Gasteiger partial charge in [-0.1, -0.05) is 12.8 Å². The normalized spacial score (nSPS) is 32.0. The largest absolute Gasteiger partial charge is 0.496 e. The average molecular weight is 401 g/mol. The zero-order valence-electron chi connectivity index (χ0n) is 17.8. The van der Waals surface area contributed by atoms with Crippen LogP contribution in [0.2, 0.25) is 0 Å². The highest BCUT2D eigenvalue weighted by Crippen LogP contribution is 2.58. The molecule has 0 unspecified atom stereocenters. The third-order valence-electron chi connectivity index (χ3n) is 7.94. The number of nitrogens with zero attached hydrogens (tertiary/aromatic N) is 2. The number of carbonyl (C=O) groups excluding carboxylic acids is 1. The minimum absolute atomic E-state index is 0.187. The molecule has 0 bridgehead atoms. The molecule has 0 N–H and O–H groups in total. The Morgan fingerprint density at radius 2 is 1.66 bits per heavy atom. The van der Waals surface area contributed by atoms with Crippen LogP contribution < -0.4 is 14.2 Å². The van der Waals surface area contributed by atoms with Crippen LogP contribution in [0.25, 0.3) is 0 Å². The highest BCUT2D eigenvalue weighted by atomic mass is 16.5. The smallest absolute Gasteiger partial charge is 0.243 e. The third kappa shape index (κ3) is 2.61. The summed E-state index contributed by atoms with van der Waals surface area (Å²) in [6.07, 6.45) is 7.98. The van der Waals surface area contributed by atoms with Gasteiger partial charge in [-0.2, -0.15) is 0 Å². The molecule has 29 heavy (non-hydrogen) atoms. The van der Waals surface area contributed by atoms with Crippen LogP contribution in [0.4, 0.5) is 0 Å². The lowest BCUT2D eigenvalue weighted by molar-refractivity contribution is -0.138. The van der Waals surface area contributed by atoms with Crippen LogP contribution in [-0.2, 0) is 4.79 Å². The summed E-state index contributed by atoms with van der Waals surface area (Å²) in [4.78, 5) is 18.5. The molecule has 0 aromatic heterocycles. The van der Waals surface area contributed by atoms with E-state index in [1.54, 1.807) is 21.3 Å².